The maximum atomic E-state index is 13.3. The van der Waals surface area contributed by atoms with Crippen LogP contribution in [-0.2, 0) is 30.4 Å². The smallest absolute Gasteiger partial charge is 0.243 e. The molecule has 40 heavy (non-hydrogen) atoms. The van der Waals surface area contributed by atoms with Gasteiger partial charge in [0.1, 0.15) is 18.1 Å². The number of hydrogen-bond donors (Lipinski definition) is 4. The van der Waals surface area contributed by atoms with Crippen LogP contribution in [-0.4, -0.2) is 83.7 Å². The van der Waals surface area contributed by atoms with Gasteiger partial charge in [0.2, 0.25) is 29.5 Å². The molecule has 0 spiro atoms. The lowest BCUT2D eigenvalue weighted by atomic mass is 10.0. The minimum Gasteiger partial charge on any atom is -0.349 e. The van der Waals surface area contributed by atoms with Gasteiger partial charge in [-0.1, -0.05) is 58.0 Å². The number of nitrogens with one attached hydrogen (secondary N) is 4. The average Bonchev–Trinajstić information content (AvgIpc) is 2.88. The highest BCUT2D eigenvalue weighted by atomic mass is 32.2. The molecule has 0 bridgehead atoms. The third-order valence-electron chi connectivity index (χ3n) is 6.64. The summed E-state index contributed by atoms with van der Waals surface area (Å²) < 4.78 is 0. The number of nitrogens with zero attached hydrogens (tertiary/aromatic N) is 1. The molecular formula is C29H45N5O5S. The molecule has 0 aliphatic carbocycles. The first-order valence-corrected chi connectivity index (χ1v) is 15.3. The SMILES string of the molecule is CSCC[C@@H]1NC(=O)[C@H](C(C)C)NC(=O)CN(C(=O)CC(C)C)C[C@@H](Cc2ccccc2)NC(=O)[C@H](C)NC1=O. The molecule has 4 atom stereocenters. The summed E-state index contributed by atoms with van der Waals surface area (Å²) >= 11 is 1.54. The molecule has 0 aromatic heterocycles. The maximum absolute atomic E-state index is 13.3. The third-order valence-corrected chi connectivity index (χ3v) is 7.29. The fourth-order valence-corrected chi connectivity index (χ4v) is 4.93. The van der Waals surface area contributed by atoms with Crippen LogP contribution in [0.15, 0.2) is 30.3 Å². The van der Waals surface area contributed by atoms with Crippen LogP contribution in [0.2, 0.25) is 0 Å². The molecule has 1 aromatic rings. The summed E-state index contributed by atoms with van der Waals surface area (Å²) in [5.74, 6) is -1.66. The average molecular weight is 576 g/mol. The van der Waals surface area contributed by atoms with Gasteiger partial charge in [-0.3, -0.25) is 24.0 Å². The number of rotatable bonds is 8. The monoisotopic (exact) mass is 575 g/mol. The van der Waals surface area contributed by atoms with Crippen molar-refractivity contribution < 1.29 is 24.0 Å². The predicted octanol–water partition coefficient (Wildman–Crippen LogP) is 1.49. The first-order valence-electron chi connectivity index (χ1n) is 13.9. The highest BCUT2D eigenvalue weighted by molar-refractivity contribution is 7.98. The Morgan fingerprint density at radius 1 is 0.950 bits per heavy atom. The molecule has 5 amide bonds. The molecule has 2 rings (SSSR count). The Morgan fingerprint density at radius 3 is 2.23 bits per heavy atom. The fourth-order valence-electron chi connectivity index (χ4n) is 4.46. The highest BCUT2D eigenvalue weighted by Gasteiger charge is 2.32. The quantitative estimate of drug-likeness (QED) is 0.371. The van der Waals surface area contributed by atoms with Gasteiger partial charge in [0, 0.05) is 13.0 Å². The van der Waals surface area contributed by atoms with Crippen molar-refractivity contribution in [2.45, 2.75) is 78.0 Å². The Bertz CT molecular complexity index is 1020. The molecule has 1 aliphatic rings. The van der Waals surface area contributed by atoms with Crippen molar-refractivity contribution in [2.75, 3.05) is 25.1 Å². The third kappa shape index (κ3) is 10.8. The molecule has 0 unspecified atom stereocenters. The van der Waals surface area contributed by atoms with Gasteiger partial charge in [0.25, 0.3) is 0 Å². The van der Waals surface area contributed by atoms with Crippen LogP contribution in [0.25, 0.3) is 0 Å². The number of carbonyl (C=O) groups is 5. The van der Waals surface area contributed by atoms with E-state index in [0.717, 1.165) is 5.56 Å². The Labute approximate surface area is 242 Å². The van der Waals surface area contributed by atoms with Crippen LogP contribution >= 0.6 is 11.8 Å². The van der Waals surface area contributed by atoms with Crippen molar-refractivity contribution in [3.8, 4) is 0 Å². The van der Waals surface area contributed by atoms with Gasteiger partial charge in [0.15, 0.2) is 0 Å². The van der Waals surface area contributed by atoms with Crippen molar-refractivity contribution in [2.24, 2.45) is 11.8 Å². The van der Waals surface area contributed by atoms with Crippen LogP contribution in [0.1, 0.15) is 53.0 Å². The van der Waals surface area contributed by atoms with Gasteiger partial charge < -0.3 is 26.2 Å². The van der Waals surface area contributed by atoms with Crippen molar-refractivity contribution >= 4 is 41.3 Å². The van der Waals surface area contributed by atoms with E-state index in [2.05, 4.69) is 21.3 Å². The topological polar surface area (TPSA) is 137 Å². The van der Waals surface area contributed by atoms with Crippen molar-refractivity contribution in [3.05, 3.63) is 35.9 Å². The first-order chi connectivity index (χ1) is 18.9. The number of amides is 5. The van der Waals surface area contributed by atoms with E-state index in [4.69, 9.17) is 0 Å². The molecule has 1 aliphatic heterocycles. The second-order valence-electron chi connectivity index (χ2n) is 11.1. The molecule has 222 valence electrons. The lowest BCUT2D eigenvalue weighted by molar-refractivity contribution is -0.138. The number of carbonyl (C=O) groups excluding carboxylic acids is 5. The number of benzene rings is 1. The molecule has 11 heteroatoms. The summed E-state index contributed by atoms with van der Waals surface area (Å²) in [6, 6.07) is 6.37. The molecule has 1 saturated heterocycles. The van der Waals surface area contributed by atoms with Gasteiger partial charge in [-0.25, -0.2) is 0 Å². The second-order valence-corrected chi connectivity index (χ2v) is 12.1. The lowest BCUT2D eigenvalue weighted by Gasteiger charge is -2.30. The van der Waals surface area contributed by atoms with Crippen LogP contribution in [0.3, 0.4) is 0 Å². The van der Waals surface area contributed by atoms with E-state index in [0.29, 0.717) is 18.6 Å². The predicted molar refractivity (Wildman–Crippen MR) is 157 cm³/mol. The van der Waals surface area contributed by atoms with E-state index in [9.17, 15) is 24.0 Å². The zero-order chi connectivity index (χ0) is 29.8. The van der Waals surface area contributed by atoms with Gasteiger partial charge >= 0.3 is 0 Å². The molecule has 10 nitrogen and oxygen atoms in total. The normalized spacial score (nSPS) is 23.6. The molecule has 1 fully saturated rings. The van der Waals surface area contributed by atoms with E-state index >= 15 is 0 Å². The molecule has 0 saturated carbocycles. The van der Waals surface area contributed by atoms with E-state index < -0.39 is 47.8 Å². The van der Waals surface area contributed by atoms with E-state index in [1.54, 1.807) is 20.8 Å². The molecular weight excluding hydrogens is 530 g/mol. The van der Waals surface area contributed by atoms with Crippen molar-refractivity contribution in [1.29, 1.82) is 0 Å². The van der Waals surface area contributed by atoms with E-state index in [1.807, 2.05) is 50.4 Å². The fraction of sp³-hybridized carbons (Fsp3) is 0.621. The largest absolute Gasteiger partial charge is 0.349 e. The summed E-state index contributed by atoms with van der Waals surface area (Å²) in [5.41, 5.74) is 0.954. The standard InChI is InChI=1S/C29H45N5O5S/c1-18(2)14-25(36)34-16-22(15-21-10-8-7-9-11-21)31-27(37)20(5)30-28(38)23(12-13-40-6)32-29(39)26(19(3)4)33-24(35)17-34/h7-11,18-20,22-23,26H,12-17H2,1-6H3,(H,30,38)(H,31,37)(H,32,39)(H,33,35)/t20-,22+,23-,26-/m0/s1. The minimum atomic E-state index is -0.901. The molecule has 0 radical (unpaired) electrons. The number of hydrogen-bond acceptors (Lipinski definition) is 6. The Kier molecular flexibility index (Phi) is 13.5. The summed E-state index contributed by atoms with van der Waals surface area (Å²) in [7, 11) is 0. The van der Waals surface area contributed by atoms with Crippen LogP contribution in [0.4, 0.5) is 0 Å². The Hall–Kier alpha value is -3.08. The summed E-state index contributed by atoms with van der Waals surface area (Å²) in [6.07, 6.45) is 2.92. The van der Waals surface area contributed by atoms with Crippen molar-refractivity contribution in [3.63, 3.8) is 0 Å². The van der Waals surface area contributed by atoms with Crippen LogP contribution < -0.4 is 21.3 Å². The molecule has 1 heterocycles. The summed E-state index contributed by atoms with van der Waals surface area (Å²) in [4.78, 5) is 67.6. The maximum Gasteiger partial charge on any atom is 0.243 e. The second kappa shape index (κ2) is 16.2. The first kappa shape index (κ1) is 33.1. The molecule has 1 aromatic carbocycles. The van der Waals surface area contributed by atoms with Crippen molar-refractivity contribution in [1.82, 2.24) is 26.2 Å². The highest BCUT2D eigenvalue weighted by Crippen LogP contribution is 2.11. The zero-order valence-corrected chi connectivity index (χ0v) is 25.3. The summed E-state index contributed by atoms with van der Waals surface area (Å²) in [6.45, 7) is 8.87. The Morgan fingerprint density at radius 2 is 1.62 bits per heavy atom. The van der Waals surface area contributed by atoms with Crippen LogP contribution in [0, 0.1) is 11.8 Å². The number of thioether (sulfide) groups is 1. The van der Waals surface area contributed by atoms with E-state index in [1.165, 1.54) is 16.7 Å². The summed E-state index contributed by atoms with van der Waals surface area (Å²) in [5, 5.41) is 11.3. The van der Waals surface area contributed by atoms with Gasteiger partial charge in [0.05, 0.1) is 12.6 Å². The van der Waals surface area contributed by atoms with E-state index in [-0.39, 0.29) is 37.3 Å². The zero-order valence-electron chi connectivity index (χ0n) is 24.5. The van der Waals surface area contributed by atoms with Gasteiger partial charge in [-0.2, -0.15) is 11.8 Å². The molecule has 4 N–H and O–H groups in total. The minimum absolute atomic E-state index is 0.0666. The van der Waals surface area contributed by atoms with Crippen LogP contribution in [0.5, 0.6) is 0 Å². The van der Waals surface area contributed by atoms with Gasteiger partial charge in [-0.15, -0.1) is 0 Å². The lowest BCUT2D eigenvalue weighted by Crippen LogP contribution is -2.57. The van der Waals surface area contributed by atoms with Gasteiger partial charge in [-0.05, 0) is 49.2 Å². The Balaban J connectivity index is 2.47.